The first-order chi connectivity index (χ1) is 9.71. The number of piperidine rings is 1. The summed E-state index contributed by atoms with van der Waals surface area (Å²) >= 11 is 0. The summed E-state index contributed by atoms with van der Waals surface area (Å²) < 4.78 is 18.7. The molecule has 3 nitrogen and oxygen atoms in total. The summed E-state index contributed by atoms with van der Waals surface area (Å²) in [7, 11) is 1.50. The smallest absolute Gasteiger partial charge is 0.165 e. The highest BCUT2D eigenvalue weighted by molar-refractivity contribution is 5.85. The highest BCUT2D eigenvalue weighted by atomic mass is 35.5. The molecule has 1 aromatic carbocycles. The Balaban J connectivity index is 0.00000161. The van der Waals surface area contributed by atoms with E-state index in [2.05, 4.69) is 10.2 Å². The molecule has 0 saturated carbocycles. The Labute approximate surface area is 132 Å². The molecule has 0 bridgehead atoms. The van der Waals surface area contributed by atoms with Crippen molar-refractivity contribution in [3.63, 3.8) is 0 Å². The van der Waals surface area contributed by atoms with Gasteiger partial charge in [0.2, 0.25) is 0 Å². The molecular weight excluding hydrogens is 291 g/mol. The number of ether oxygens (including phenoxy) is 1. The first-order valence-electron chi connectivity index (χ1n) is 7.46. The molecule has 0 aliphatic carbocycles. The molecule has 1 spiro atoms. The molecule has 0 atom stereocenters. The third-order valence-corrected chi connectivity index (χ3v) is 4.80. The lowest BCUT2D eigenvalue weighted by Crippen LogP contribution is -2.38. The Morgan fingerprint density at radius 3 is 2.71 bits per heavy atom. The zero-order valence-corrected chi connectivity index (χ0v) is 13.3. The van der Waals surface area contributed by atoms with Gasteiger partial charge in [-0.3, -0.25) is 4.90 Å². The molecule has 0 amide bonds. The average Bonchev–Trinajstić information content (AvgIpc) is 2.82. The van der Waals surface area contributed by atoms with Gasteiger partial charge in [-0.15, -0.1) is 12.4 Å². The van der Waals surface area contributed by atoms with E-state index in [0.717, 1.165) is 38.3 Å². The minimum absolute atomic E-state index is 0. The lowest BCUT2D eigenvalue weighted by molar-refractivity contribution is 0.194. The van der Waals surface area contributed by atoms with Crippen molar-refractivity contribution in [1.29, 1.82) is 0 Å². The normalized spacial score (nSPS) is 21.2. The molecule has 2 aliphatic rings. The second-order valence-corrected chi connectivity index (χ2v) is 6.18. The van der Waals surface area contributed by atoms with E-state index < -0.39 is 0 Å². The van der Waals surface area contributed by atoms with Crippen molar-refractivity contribution in [3.05, 3.63) is 29.6 Å². The Morgan fingerprint density at radius 2 is 2.05 bits per heavy atom. The van der Waals surface area contributed by atoms with Gasteiger partial charge < -0.3 is 10.1 Å². The third kappa shape index (κ3) is 3.68. The van der Waals surface area contributed by atoms with Gasteiger partial charge in [-0.2, -0.15) is 0 Å². The maximum Gasteiger partial charge on any atom is 0.165 e. The van der Waals surface area contributed by atoms with Gasteiger partial charge >= 0.3 is 0 Å². The lowest BCUT2D eigenvalue weighted by atomic mass is 9.78. The fourth-order valence-electron chi connectivity index (χ4n) is 3.59. The van der Waals surface area contributed by atoms with Gasteiger partial charge in [0, 0.05) is 13.1 Å². The molecule has 1 aromatic rings. The number of rotatable bonds is 3. The topological polar surface area (TPSA) is 24.5 Å². The summed E-state index contributed by atoms with van der Waals surface area (Å²) in [5.41, 5.74) is 1.55. The van der Waals surface area contributed by atoms with E-state index in [1.54, 1.807) is 12.1 Å². The van der Waals surface area contributed by atoms with Crippen LogP contribution in [0.3, 0.4) is 0 Å². The highest BCUT2D eigenvalue weighted by Crippen LogP contribution is 2.39. The van der Waals surface area contributed by atoms with Crippen molar-refractivity contribution in [2.75, 3.05) is 33.3 Å². The third-order valence-electron chi connectivity index (χ3n) is 4.80. The standard InChI is InChI=1S/C16H23FN2O.ClH/c1-20-15-3-2-13(10-14(15)17)11-19-9-6-16(12-19)4-7-18-8-5-16;/h2-3,10,18H,4-9,11-12H2,1H3;1H. The summed E-state index contributed by atoms with van der Waals surface area (Å²) in [6.07, 6.45) is 3.84. The zero-order chi connectivity index (χ0) is 14.0. The number of nitrogens with one attached hydrogen (secondary N) is 1. The summed E-state index contributed by atoms with van der Waals surface area (Å²) in [6, 6.07) is 5.29. The molecule has 2 saturated heterocycles. The van der Waals surface area contributed by atoms with E-state index in [1.165, 1.54) is 26.4 Å². The fourth-order valence-corrected chi connectivity index (χ4v) is 3.59. The minimum atomic E-state index is -0.263. The van der Waals surface area contributed by atoms with Gasteiger partial charge in [-0.05, 0) is 62.0 Å². The van der Waals surface area contributed by atoms with Crippen LogP contribution in [0.25, 0.3) is 0 Å². The van der Waals surface area contributed by atoms with Crippen molar-refractivity contribution >= 4 is 12.4 Å². The molecule has 0 radical (unpaired) electrons. The largest absolute Gasteiger partial charge is 0.494 e. The molecule has 0 unspecified atom stereocenters. The van der Waals surface area contributed by atoms with Crippen LogP contribution in [0.2, 0.25) is 0 Å². The maximum absolute atomic E-state index is 13.7. The number of likely N-dealkylation sites (tertiary alicyclic amines) is 1. The van der Waals surface area contributed by atoms with Crippen molar-refractivity contribution in [2.45, 2.75) is 25.8 Å². The van der Waals surface area contributed by atoms with Crippen molar-refractivity contribution < 1.29 is 9.13 Å². The summed E-state index contributed by atoms with van der Waals surface area (Å²) in [6.45, 7) is 5.42. The van der Waals surface area contributed by atoms with Crippen LogP contribution in [0.15, 0.2) is 18.2 Å². The maximum atomic E-state index is 13.7. The average molecular weight is 315 g/mol. The fraction of sp³-hybridized carbons (Fsp3) is 0.625. The number of benzene rings is 1. The SMILES string of the molecule is COc1ccc(CN2CCC3(CCNCC3)C2)cc1F.Cl. The molecule has 1 N–H and O–H groups in total. The molecule has 2 aliphatic heterocycles. The number of methoxy groups -OCH3 is 1. The van der Waals surface area contributed by atoms with E-state index in [4.69, 9.17) is 4.74 Å². The van der Waals surface area contributed by atoms with E-state index in [1.807, 2.05) is 6.07 Å². The molecule has 21 heavy (non-hydrogen) atoms. The Bertz CT molecular complexity index is 477. The number of halogens is 2. The van der Waals surface area contributed by atoms with Gasteiger partial charge in [0.05, 0.1) is 7.11 Å². The molecule has 3 rings (SSSR count). The lowest BCUT2D eigenvalue weighted by Gasteiger charge is -2.33. The quantitative estimate of drug-likeness (QED) is 0.928. The van der Waals surface area contributed by atoms with Crippen molar-refractivity contribution in [3.8, 4) is 5.75 Å². The van der Waals surface area contributed by atoms with Crippen molar-refractivity contribution in [2.24, 2.45) is 5.41 Å². The molecule has 2 heterocycles. The molecule has 2 fully saturated rings. The van der Waals surface area contributed by atoms with Crippen LogP contribution >= 0.6 is 12.4 Å². The molecule has 118 valence electrons. The number of hydrogen-bond donors (Lipinski definition) is 1. The van der Waals surface area contributed by atoms with E-state index in [9.17, 15) is 4.39 Å². The van der Waals surface area contributed by atoms with Crippen LogP contribution < -0.4 is 10.1 Å². The van der Waals surface area contributed by atoms with Gasteiger partial charge in [0.15, 0.2) is 11.6 Å². The minimum Gasteiger partial charge on any atom is -0.494 e. The van der Waals surface area contributed by atoms with Crippen LogP contribution in [0, 0.1) is 11.2 Å². The monoisotopic (exact) mass is 314 g/mol. The van der Waals surface area contributed by atoms with Gasteiger partial charge in [-0.1, -0.05) is 6.07 Å². The van der Waals surface area contributed by atoms with Gasteiger partial charge in [0.1, 0.15) is 0 Å². The van der Waals surface area contributed by atoms with E-state index in [0.29, 0.717) is 11.2 Å². The predicted molar refractivity (Wildman–Crippen MR) is 84.6 cm³/mol. The summed E-state index contributed by atoms with van der Waals surface area (Å²) in [5, 5.41) is 3.44. The number of hydrogen-bond acceptors (Lipinski definition) is 3. The molecule has 0 aromatic heterocycles. The summed E-state index contributed by atoms with van der Waals surface area (Å²) in [4.78, 5) is 2.46. The van der Waals surface area contributed by atoms with Crippen LogP contribution in [-0.2, 0) is 6.54 Å². The van der Waals surface area contributed by atoms with Gasteiger partial charge in [0.25, 0.3) is 0 Å². The first-order valence-corrected chi connectivity index (χ1v) is 7.46. The van der Waals surface area contributed by atoms with Crippen LogP contribution in [0.1, 0.15) is 24.8 Å². The Morgan fingerprint density at radius 1 is 1.29 bits per heavy atom. The second-order valence-electron chi connectivity index (χ2n) is 6.18. The summed E-state index contributed by atoms with van der Waals surface area (Å²) in [5.74, 6) is 0.0609. The van der Waals surface area contributed by atoms with Crippen LogP contribution in [-0.4, -0.2) is 38.2 Å². The Kier molecular flexibility index (Phi) is 5.47. The van der Waals surface area contributed by atoms with Gasteiger partial charge in [-0.25, -0.2) is 4.39 Å². The highest BCUT2D eigenvalue weighted by Gasteiger charge is 2.38. The molecular formula is C16H24ClFN2O. The number of nitrogens with zero attached hydrogens (tertiary/aromatic N) is 1. The predicted octanol–water partition coefficient (Wildman–Crippen LogP) is 2.83. The van der Waals surface area contributed by atoms with Crippen LogP contribution in [0.5, 0.6) is 5.75 Å². The zero-order valence-electron chi connectivity index (χ0n) is 12.5. The van der Waals surface area contributed by atoms with Crippen LogP contribution in [0.4, 0.5) is 4.39 Å². The van der Waals surface area contributed by atoms with E-state index >= 15 is 0 Å². The van der Waals surface area contributed by atoms with Crippen molar-refractivity contribution in [1.82, 2.24) is 10.2 Å². The first kappa shape index (κ1) is 16.5. The molecule has 5 heteroatoms. The van der Waals surface area contributed by atoms with E-state index in [-0.39, 0.29) is 18.2 Å². The second kappa shape index (κ2) is 6.95. The Hall–Kier alpha value is -0.840.